The minimum Gasteiger partial charge on any atom is -0.479 e. The predicted molar refractivity (Wildman–Crippen MR) is 109 cm³/mol. The Kier molecular flexibility index (Phi) is 7.13. The third kappa shape index (κ3) is 5.72. The highest BCUT2D eigenvalue weighted by molar-refractivity contribution is 6.32. The van der Waals surface area contributed by atoms with Crippen LogP contribution < -0.4 is 10.1 Å². The first-order chi connectivity index (χ1) is 13.2. The van der Waals surface area contributed by atoms with E-state index in [9.17, 15) is 4.79 Å². The fourth-order valence-electron chi connectivity index (χ4n) is 3.36. The molecule has 1 amide bonds. The van der Waals surface area contributed by atoms with E-state index in [0.29, 0.717) is 23.7 Å². The van der Waals surface area contributed by atoms with Gasteiger partial charge in [-0.3, -0.25) is 9.69 Å². The van der Waals surface area contributed by atoms with Crippen LogP contribution in [0.1, 0.15) is 37.3 Å². The van der Waals surface area contributed by atoms with E-state index < -0.39 is 6.10 Å². The van der Waals surface area contributed by atoms with Crippen LogP contribution >= 0.6 is 11.6 Å². The summed E-state index contributed by atoms with van der Waals surface area (Å²) < 4.78 is 5.81. The molecule has 0 bridgehead atoms. The van der Waals surface area contributed by atoms with Gasteiger partial charge in [-0.15, -0.1) is 0 Å². The van der Waals surface area contributed by atoms with Gasteiger partial charge in [0.25, 0.3) is 5.91 Å². The minimum atomic E-state index is -0.558. The number of amides is 1. The van der Waals surface area contributed by atoms with Gasteiger partial charge in [-0.05, 0) is 55.6 Å². The fourth-order valence-corrected chi connectivity index (χ4v) is 3.54. The van der Waals surface area contributed by atoms with Crippen molar-refractivity contribution in [1.29, 1.82) is 0 Å². The SMILES string of the molecule is CC[C@@H](Oc1ccccc1Cl)C(=O)NCc1cccc(CN2CCCC2)c1. The van der Waals surface area contributed by atoms with Crippen molar-refractivity contribution in [3.63, 3.8) is 0 Å². The van der Waals surface area contributed by atoms with Gasteiger partial charge in [0.1, 0.15) is 5.75 Å². The molecule has 2 aromatic rings. The first-order valence-electron chi connectivity index (χ1n) is 9.65. The third-order valence-corrected chi connectivity index (χ3v) is 5.14. The summed E-state index contributed by atoms with van der Waals surface area (Å²) >= 11 is 6.13. The van der Waals surface area contributed by atoms with Crippen LogP contribution in [0.3, 0.4) is 0 Å². The lowest BCUT2D eigenvalue weighted by molar-refractivity contribution is -0.128. The normalized spacial score (nSPS) is 15.5. The lowest BCUT2D eigenvalue weighted by Crippen LogP contribution is -2.37. The molecule has 1 aliphatic heterocycles. The van der Waals surface area contributed by atoms with E-state index in [-0.39, 0.29) is 5.91 Å². The first kappa shape index (κ1) is 19.7. The molecule has 0 aliphatic carbocycles. The Labute approximate surface area is 166 Å². The molecule has 0 radical (unpaired) electrons. The summed E-state index contributed by atoms with van der Waals surface area (Å²) in [4.78, 5) is 15.0. The minimum absolute atomic E-state index is 0.123. The summed E-state index contributed by atoms with van der Waals surface area (Å²) in [5.74, 6) is 0.413. The number of para-hydroxylation sites is 1. The zero-order valence-corrected chi connectivity index (χ0v) is 16.5. The Hall–Kier alpha value is -2.04. The van der Waals surface area contributed by atoms with E-state index in [1.54, 1.807) is 12.1 Å². The number of benzene rings is 2. The zero-order chi connectivity index (χ0) is 19.1. The highest BCUT2D eigenvalue weighted by Gasteiger charge is 2.19. The molecule has 0 saturated carbocycles. The smallest absolute Gasteiger partial charge is 0.261 e. The third-order valence-electron chi connectivity index (χ3n) is 4.83. The summed E-state index contributed by atoms with van der Waals surface area (Å²) in [7, 11) is 0. The zero-order valence-electron chi connectivity index (χ0n) is 15.8. The molecule has 2 aromatic carbocycles. The Balaban J connectivity index is 1.55. The molecule has 27 heavy (non-hydrogen) atoms. The van der Waals surface area contributed by atoms with E-state index in [1.807, 2.05) is 25.1 Å². The summed E-state index contributed by atoms with van der Waals surface area (Å²) in [5.41, 5.74) is 2.40. The van der Waals surface area contributed by atoms with Crippen molar-refractivity contribution in [2.45, 2.75) is 45.4 Å². The molecule has 5 heteroatoms. The lowest BCUT2D eigenvalue weighted by atomic mass is 10.1. The fraction of sp³-hybridized carbons (Fsp3) is 0.409. The molecule has 1 atom stereocenters. The van der Waals surface area contributed by atoms with Crippen molar-refractivity contribution < 1.29 is 9.53 Å². The second-order valence-corrected chi connectivity index (χ2v) is 7.37. The molecule has 4 nitrogen and oxygen atoms in total. The van der Waals surface area contributed by atoms with Crippen LogP contribution in [0, 0.1) is 0 Å². The number of halogens is 1. The molecular weight excluding hydrogens is 360 g/mol. The van der Waals surface area contributed by atoms with Crippen molar-refractivity contribution in [3.05, 3.63) is 64.7 Å². The molecule has 1 fully saturated rings. The number of rotatable bonds is 8. The van der Waals surface area contributed by atoms with Crippen molar-refractivity contribution in [1.82, 2.24) is 10.2 Å². The van der Waals surface area contributed by atoms with Crippen LogP contribution in [0.25, 0.3) is 0 Å². The van der Waals surface area contributed by atoms with Crippen molar-refractivity contribution in [2.24, 2.45) is 0 Å². The summed E-state index contributed by atoms with van der Waals surface area (Å²) in [6.45, 7) is 5.76. The van der Waals surface area contributed by atoms with Gasteiger partial charge in [0.05, 0.1) is 5.02 Å². The van der Waals surface area contributed by atoms with Crippen molar-refractivity contribution >= 4 is 17.5 Å². The standard InChI is InChI=1S/C22H27ClN2O2/c1-2-20(27-21-11-4-3-10-19(21)23)22(26)24-15-17-8-7-9-18(14-17)16-25-12-5-6-13-25/h3-4,7-11,14,20H,2,5-6,12-13,15-16H2,1H3,(H,24,26)/t20-/m1/s1. The summed E-state index contributed by atoms with van der Waals surface area (Å²) in [5, 5.41) is 3.50. The molecule has 1 aliphatic rings. The highest BCUT2D eigenvalue weighted by atomic mass is 35.5. The Morgan fingerprint density at radius 3 is 2.63 bits per heavy atom. The topological polar surface area (TPSA) is 41.6 Å². The Morgan fingerprint density at radius 2 is 1.89 bits per heavy atom. The maximum Gasteiger partial charge on any atom is 0.261 e. The van der Waals surface area contributed by atoms with E-state index in [1.165, 1.54) is 31.5 Å². The number of hydrogen-bond donors (Lipinski definition) is 1. The summed E-state index contributed by atoms with van der Waals surface area (Å²) in [6, 6.07) is 15.7. The highest BCUT2D eigenvalue weighted by Crippen LogP contribution is 2.25. The molecule has 1 saturated heterocycles. The van der Waals surface area contributed by atoms with E-state index in [0.717, 1.165) is 12.1 Å². The number of hydrogen-bond acceptors (Lipinski definition) is 3. The number of carbonyl (C=O) groups excluding carboxylic acids is 1. The molecule has 0 spiro atoms. The van der Waals surface area contributed by atoms with Crippen molar-refractivity contribution in [2.75, 3.05) is 13.1 Å². The van der Waals surface area contributed by atoms with Crippen LogP contribution in [0.4, 0.5) is 0 Å². The van der Waals surface area contributed by atoms with E-state index in [4.69, 9.17) is 16.3 Å². The van der Waals surface area contributed by atoms with E-state index in [2.05, 4.69) is 28.4 Å². The van der Waals surface area contributed by atoms with Gasteiger partial charge in [-0.2, -0.15) is 0 Å². The maximum atomic E-state index is 12.5. The van der Waals surface area contributed by atoms with Crippen LogP contribution in [-0.4, -0.2) is 30.0 Å². The lowest BCUT2D eigenvalue weighted by Gasteiger charge is -2.18. The second kappa shape index (κ2) is 9.77. The van der Waals surface area contributed by atoms with Crippen molar-refractivity contribution in [3.8, 4) is 5.75 Å². The number of carbonyl (C=O) groups is 1. The average Bonchev–Trinajstić information content (AvgIpc) is 3.19. The van der Waals surface area contributed by atoms with Gasteiger partial charge in [0, 0.05) is 13.1 Å². The van der Waals surface area contributed by atoms with Gasteiger partial charge in [0.2, 0.25) is 0 Å². The molecular formula is C22H27ClN2O2. The Bertz CT molecular complexity index is 759. The maximum absolute atomic E-state index is 12.5. The molecule has 3 rings (SSSR count). The summed E-state index contributed by atoms with van der Waals surface area (Å²) in [6.07, 6.45) is 2.60. The number of ether oxygens (including phenoxy) is 1. The number of nitrogens with zero attached hydrogens (tertiary/aromatic N) is 1. The monoisotopic (exact) mass is 386 g/mol. The molecule has 0 unspecified atom stereocenters. The van der Waals surface area contributed by atoms with Crippen LogP contribution in [0.15, 0.2) is 48.5 Å². The van der Waals surface area contributed by atoms with E-state index >= 15 is 0 Å². The Morgan fingerprint density at radius 1 is 1.15 bits per heavy atom. The second-order valence-electron chi connectivity index (χ2n) is 6.97. The average molecular weight is 387 g/mol. The van der Waals surface area contributed by atoms with Crippen LogP contribution in [-0.2, 0) is 17.9 Å². The first-order valence-corrected chi connectivity index (χ1v) is 10.0. The largest absolute Gasteiger partial charge is 0.479 e. The molecule has 1 heterocycles. The van der Waals surface area contributed by atoms with Gasteiger partial charge < -0.3 is 10.1 Å². The van der Waals surface area contributed by atoms with Gasteiger partial charge in [-0.25, -0.2) is 0 Å². The predicted octanol–water partition coefficient (Wildman–Crippen LogP) is 4.41. The van der Waals surface area contributed by atoms with Crippen LogP contribution in [0.5, 0.6) is 5.75 Å². The van der Waals surface area contributed by atoms with Crippen LogP contribution in [0.2, 0.25) is 5.02 Å². The number of nitrogens with one attached hydrogen (secondary N) is 1. The van der Waals surface area contributed by atoms with Gasteiger partial charge >= 0.3 is 0 Å². The number of likely N-dealkylation sites (tertiary alicyclic amines) is 1. The van der Waals surface area contributed by atoms with Gasteiger partial charge in [-0.1, -0.05) is 54.9 Å². The van der Waals surface area contributed by atoms with Gasteiger partial charge in [0.15, 0.2) is 6.10 Å². The molecule has 144 valence electrons. The quantitative estimate of drug-likeness (QED) is 0.730. The molecule has 0 aromatic heterocycles. The molecule has 1 N–H and O–H groups in total.